The van der Waals surface area contributed by atoms with Gasteiger partial charge in [-0.2, -0.15) is 0 Å². The second kappa shape index (κ2) is 2.52. The molecule has 0 amide bonds. The van der Waals surface area contributed by atoms with Crippen molar-refractivity contribution in [1.29, 1.82) is 0 Å². The smallest absolute Gasteiger partial charge is 0.122 e. The molecule has 40 valence electrons. The third-order valence-electron chi connectivity index (χ3n) is 0.936. The molecule has 0 spiro atoms. The van der Waals surface area contributed by atoms with E-state index in [-0.39, 0.29) is 0 Å². The molecule has 8 heavy (non-hydrogen) atoms. The first-order valence-electron chi connectivity index (χ1n) is 2.44. The second-order valence-corrected chi connectivity index (χ2v) is 3.43. The lowest BCUT2D eigenvalue weighted by molar-refractivity contribution is 0.568. The monoisotopic (exact) mass is 122 g/mol. The second-order valence-electron chi connectivity index (χ2n) is 1.53. The van der Waals surface area contributed by atoms with Crippen LogP contribution in [0.15, 0.2) is 29.6 Å². The fourth-order valence-electron chi connectivity index (χ4n) is 0.532. The zero-order valence-electron chi connectivity index (χ0n) is 4.37. The molecule has 2 heteroatoms. The van der Waals surface area contributed by atoms with Crippen LogP contribution >= 0.6 is 0 Å². The Balaban J connectivity index is 2.99. The van der Waals surface area contributed by atoms with E-state index < -0.39 is 8.40 Å². The summed E-state index contributed by atoms with van der Waals surface area (Å²) in [4.78, 5) is 10.1. The van der Waals surface area contributed by atoms with Crippen LogP contribution in [-0.2, 0) is 4.79 Å². The van der Waals surface area contributed by atoms with Gasteiger partial charge >= 0.3 is 0 Å². The standard InChI is InChI=1S/C6H6OSi/c7-6-8-4-2-1-3-5-8/h1-6H. The van der Waals surface area contributed by atoms with E-state index in [0.29, 0.717) is 0 Å². The van der Waals surface area contributed by atoms with Crippen molar-refractivity contribution in [1.82, 2.24) is 0 Å². The SMILES string of the molecule is O=C[si]1ccccc1. The molecule has 0 bridgehead atoms. The van der Waals surface area contributed by atoms with Crippen LogP contribution in [-0.4, -0.2) is 14.3 Å². The third kappa shape index (κ3) is 1.10. The van der Waals surface area contributed by atoms with E-state index in [0.717, 1.165) is 5.91 Å². The van der Waals surface area contributed by atoms with Crippen LogP contribution in [0.5, 0.6) is 0 Å². The highest BCUT2D eigenvalue weighted by atomic mass is 28.2. The molecule has 0 aliphatic rings. The van der Waals surface area contributed by atoms with Gasteiger partial charge in [0.2, 0.25) is 0 Å². The van der Waals surface area contributed by atoms with Gasteiger partial charge in [-0.3, -0.25) is 0 Å². The minimum absolute atomic E-state index is 0.860. The van der Waals surface area contributed by atoms with E-state index in [9.17, 15) is 4.79 Å². The van der Waals surface area contributed by atoms with Crippen molar-refractivity contribution in [2.45, 2.75) is 0 Å². The maximum absolute atomic E-state index is 10.1. The topological polar surface area (TPSA) is 17.1 Å². The Morgan fingerprint density at radius 3 is 2.12 bits per heavy atom. The van der Waals surface area contributed by atoms with Crippen LogP contribution in [0, 0.1) is 0 Å². The van der Waals surface area contributed by atoms with E-state index in [1.54, 1.807) is 0 Å². The zero-order chi connectivity index (χ0) is 5.82. The number of carbonyl (C=O) groups excluding carboxylic acids is 1. The van der Waals surface area contributed by atoms with Crippen molar-refractivity contribution in [2.24, 2.45) is 0 Å². The molecule has 0 atom stereocenters. The number of hydrogen-bond donors (Lipinski definition) is 0. The summed E-state index contributed by atoms with van der Waals surface area (Å²) in [6.45, 7) is 0. The van der Waals surface area contributed by atoms with Crippen molar-refractivity contribution in [3.63, 3.8) is 0 Å². The van der Waals surface area contributed by atoms with Crippen LogP contribution in [0.3, 0.4) is 0 Å². The Morgan fingerprint density at radius 2 is 1.75 bits per heavy atom. The number of carbonyl (C=O) groups is 1. The molecule has 0 aliphatic carbocycles. The van der Waals surface area contributed by atoms with E-state index in [4.69, 9.17) is 0 Å². The van der Waals surface area contributed by atoms with Gasteiger partial charge in [0.05, 0.1) is 0 Å². The summed E-state index contributed by atoms with van der Waals surface area (Å²) in [7, 11) is -0.860. The summed E-state index contributed by atoms with van der Waals surface area (Å²) in [5, 5.41) is 0. The van der Waals surface area contributed by atoms with Gasteiger partial charge in [0, 0.05) is 0 Å². The summed E-state index contributed by atoms with van der Waals surface area (Å²) in [6, 6.07) is 5.77. The number of rotatable bonds is 1. The largest absolute Gasteiger partial charge is 0.304 e. The van der Waals surface area contributed by atoms with E-state index >= 15 is 0 Å². The Kier molecular flexibility index (Phi) is 1.69. The summed E-state index contributed by atoms with van der Waals surface area (Å²) in [5.74, 6) is 1.02. The third-order valence-corrected chi connectivity index (χ3v) is 2.36. The Bertz CT molecular complexity index is 171. The van der Waals surface area contributed by atoms with Crippen LogP contribution in [0.25, 0.3) is 0 Å². The Hall–Kier alpha value is -0.763. The van der Waals surface area contributed by atoms with Gasteiger partial charge in [-0.25, -0.2) is 0 Å². The lowest BCUT2D eigenvalue weighted by Crippen LogP contribution is -1.93. The molecule has 0 aliphatic heterocycles. The summed E-state index contributed by atoms with van der Waals surface area (Å²) in [5.41, 5.74) is 3.91. The highest BCUT2D eigenvalue weighted by molar-refractivity contribution is 6.77. The minimum Gasteiger partial charge on any atom is -0.304 e. The van der Waals surface area contributed by atoms with Crippen molar-refractivity contribution < 1.29 is 4.79 Å². The van der Waals surface area contributed by atoms with Crippen LogP contribution < -0.4 is 0 Å². The Labute approximate surface area is 49.5 Å². The fourth-order valence-corrected chi connectivity index (χ4v) is 1.47. The molecule has 1 rings (SSSR count). The first kappa shape index (κ1) is 5.38. The predicted octanol–water partition coefficient (Wildman–Crippen LogP) is 0.751. The van der Waals surface area contributed by atoms with Crippen molar-refractivity contribution in [2.75, 3.05) is 0 Å². The molecular formula is C6H6OSi. The Morgan fingerprint density at radius 1 is 1.12 bits per heavy atom. The van der Waals surface area contributed by atoms with Gasteiger partial charge in [-0.1, -0.05) is 29.6 Å². The van der Waals surface area contributed by atoms with Crippen molar-refractivity contribution in [3.05, 3.63) is 29.6 Å². The molecule has 1 aromatic rings. The summed E-state index contributed by atoms with van der Waals surface area (Å²) < 4.78 is 0. The molecule has 0 radical (unpaired) electrons. The van der Waals surface area contributed by atoms with Gasteiger partial charge < -0.3 is 4.79 Å². The van der Waals surface area contributed by atoms with Gasteiger partial charge in [0.15, 0.2) is 0 Å². The van der Waals surface area contributed by atoms with Gasteiger partial charge in [-0.05, 0) is 0 Å². The van der Waals surface area contributed by atoms with Crippen molar-refractivity contribution >= 4 is 14.3 Å². The molecule has 0 saturated carbocycles. The first-order valence-corrected chi connectivity index (χ1v) is 4.17. The number of hydrogen-bond acceptors (Lipinski definition) is 1. The highest BCUT2D eigenvalue weighted by Gasteiger charge is 1.82. The van der Waals surface area contributed by atoms with Gasteiger partial charge in [0.1, 0.15) is 14.3 Å². The molecule has 0 aromatic carbocycles. The molecule has 0 unspecified atom stereocenters. The summed E-state index contributed by atoms with van der Waals surface area (Å²) >= 11 is 0. The quantitative estimate of drug-likeness (QED) is 0.397. The summed E-state index contributed by atoms with van der Waals surface area (Å²) in [6.07, 6.45) is 0. The molecule has 0 fully saturated rings. The molecule has 1 nitrogen and oxygen atoms in total. The first-order chi connectivity index (χ1) is 3.93. The highest BCUT2D eigenvalue weighted by Crippen LogP contribution is 1.80. The fraction of sp³-hybridized carbons (Fsp3) is 0. The van der Waals surface area contributed by atoms with E-state index in [1.807, 2.05) is 29.6 Å². The van der Waals surface area contributed by atoms with E-state index in [1.165, 1.54) is 0 Å². The van der Waals surface area contributed by atoms with Crippen molar-refractivity contribution in [3.8, 4) is 0 Å². The lowest BCUT2D eigenvalue weighted by Gasteiger charge is -1.80. The molecule has 0 N–H and O–H groups in total. The van der Waals surface area contributed by atoms with Crippen LogP contribution in [0.1, 0.15) is 0 Å². The lowest BCUT2D eigenvalue weighted by atomic mass is 10.6. The van der Waals surface area contributed by atoms with Gasteiger partial charge in [0.25, 0.3) is 0 Å². The maximum Gasteiger partial charge on any atom is 0.122 e. The van der Waals surface area contributed by atoms with Gasteiger partial charge in [-0.15, -0.1) is 0 Å². The molecule has 1 heterocycles. The van der Waals surface area contributed by atoms with E-state index in [2.05, 4.69) is 0 Å². The molecule has 0 saturated heterocycles. The minimum atomic E-state index is -0.860. The van der Waals surface area contributed by atoms with Crippen LogP contribution in [0.2, 0.25) is 0 Å². The average Bonchev–Trinajstić information content (AvgIpc) is 1.90. The predicted molar refractivity (Wildman–Crippen MR) is 34.5 cm³/mol. The van der Waals surface area contributed by atoms with Crippen LogP contribution in [0.4, 0.5) is 0 Å². The molecule has 1 aromatic heterocycles. The normalized spacial score (nSPS) is 8.50. The average molecular weight is 122 g/mol. The molecular weight excluding hydrogens is 116 g/mol. The maximum atomic E-state index is 10.1. The zero-order valence-corrected chi connectivity index (χ0v) is 5.37.